The minimum atomic E-state index is -3.74. The molecule has 0 saturated carbocycles. The first-order chi connectivity index (χ1) is 11.4. The van der Waals surface area contributed by atoms with Crippen LogP contribution in [0, 0.1) is 16.0 Å². The summed E-state index contributed by atoms with van der Waals surface area (Å²) in [7, 11) is -3.74. The predicted molar refractivity (Wildman–Crippen MR) is 90.2 cm³/mol. The minimum Gasteiger partial charge on any atom is -0.258 e. The third-order valence-electron chi connectivity index (χ3n) is 4.47. The predicted octanol–water partition coefficient (Wildman–Crippen LogP) is 3.02. The van der Waals surface area contributed by atoms with Crippen LogP contribution in [-0.2, 0) is 10.0 Å². The summed E-state index contributed by atoms with van der Waals surface area (Å²) in [6, 6.07) is 15.0. The molecule has 0 amide bonds. The molecule has 2 unspecified atom stereocenters. The van der Waals surface area contributed by atoms with E-state index in [0.29, 0.717) is 13.1 Å². The number of non-ortho nitro benzene ring substituents is 1. The molecule has 0 aliphatic carbocycles. The van der Waals surface area contributed by atoms with Crippen LogP contribution in [0.1, 0.15) is 18.4 Å². The Hall–Kier alpha value is -2.25. The molecular weight excluding hydrogens is 328 g/mol. The molecule has 0 spiro atoms. The van der Waals surface area contributed by atoms with Crippen molar-refractivity contribution in [3.63, 3.8) is 0 Å². The van der Waals surface area contributed by atoms with Crippen molar-refractivity contribution in [3.8, 4) is 0 Å². The van der Waals surface area contributed by atoms with Crippen molar-refractivity contribution in [3.05, 3.63) is 70.3 Å². The second-order valence-electron chi connectivity index (χ2n) is 6.07. The van der Waals surface area contributed by atoms with Crippen molar-refractivity contribution in [2.75, 3.05) is 13.1 Å². The summed E-state index contributed by atoms with van der Waals surface area (Å²) in [5.74, 6) is 0.306. The molecule has 1 saturated heterocycles. The zero-order valence-electron chi connectivity index (χ0n) is 13.2. The molecule has 3 rings (SSSR count). The molecule has 6 nitrogen and oxygen atoms in total. The van der Waals surface area contributed by atoms with Crippen LogP contribution in [0.3, 0.4) is 0 Å². The van der Waals surface area contributed by atoms with Gasteiger partial charge in [0.15, 0.2) is 0 Å². The van der Waals surface area contributed by atoms with Crippen molar-refractivity contribution in [2.24, 2.45) is 5.92 Å². The van der Waals surface area contributed by atoms with Gasteiger partial charge in [0, 0.05) is 31.1 Å². The maximum atomic E-state index is 12.8. The van der Waals surface area contributed by atoms with E-state index in [1.54, 1.807) is 0 Å². The summed E-state index contributed by atoms with van der Waals surface area (Å²) in [5.41, 5.74) is 0.893. The summed E-state index contributed by atoms with van der Waals surface area (Å²) in [6.07, 6.45) is 0. The van der Waals surface area contributed by atoms with Crippen molar-refractivity contribution >= 4 is 15.7 Å². The molecule has 0 radical (unpaired) electrons. The van der Waals surface area contributed by atoms with Crippen LogP contribution in [0.15, 0.2) is 59.5 Å². The van der Waals surface area contributed by atoms with Gasteiger partial charge < -0.3 is 0 Å². The van der Waals surface area contributed by atoms with Gasteiger partial charge in [-0.15, -0.1) is 0 Å². The fourth-order valence-corrected chi connectivity index (χ4v) is 4.77. The highest BCUT2D eigenvalue weighted by molar-refractivity contribution is 7.89. The first-order valence-corrected chi connectivity index (χ1v) is 9.13. The van der Waals surface area contributed by atoms with Crippen LogP contribution in [0.5, 0.6) is 0 Å². The van der Waals surface area contributed by atoms with Crippen LogP contribution in [0.2, 0.25) is 0 Å². The number of sulfonamides is 1. The Morgan fingerprint density at radius 3 is 2.46 bits per heavy atom. The lowest BCUT2D eigenvalue weighted by Gasteiger charge is -2.16. The van der Waals surface area contributed by atoms with E-state index in [0.717, 1.165) is 11.6 Å². The number of nitro groups is 1. The lowest BCUT2D eigenvalue weighted by atomic mass is 9.90. The van der Waals surface area contributed by atoms with Gasteiger partial charge in [0.1, 0.15) is 0 Å². The van der Waals surface area contributed by atoms with Crippen LogP contribution in [0.25, 0.3) is 0 Å². The van der Waals surface area contributed by atoms with E-state index in [4.69, 9.17) is 0 Å². The van der Waals surface area contributed by atoms with Gasteiger partial charge in [0.2, 0.25) is 10.0 Å². The maximum absolute atomic E-state index is 12.8. The second-order valence-corrected chi connectivity index (χ2v) is 8.01. The first kappa shape index (κ1) is 16.6. The van der Waals surface area contributed by atoms with Gasteiger partial charge >= 0.3 is 0 Å². The Kier molecular flexibility index (Phi) is 4.38. The zero-order valence-corrected chi connectivity index (χ0v) is 14.0. The lowest BCUT2D eigenvalue weighted by Crippen LogP contribution is -2.29. The fraction of sp³-hybridized carbons (Fsp3) is 0.294. The maximum Gasteiger partial charge on any atom is 0.270 e. The Bertz CT molecular complexity index is 852. The Balaban J connectivity index is 1.89. The summed E-state index contributed by atoms with van der Waals surface area (Å²) < 4.78 is 27.1. The van der Waals surface area contributed by atoms with Gasteiger partial charge in [-0.1, -0.05) is 43.3 Å². The molecule has 0 aromatic heterocycles. The van der Waals surface area contributed by atoms with Crippen LogP contribution in [0.4, 0.5) is 5.69 Å². The first-order valence-electron chi connectivity index (χ1n) is 7.69. The minimum absolute atomic E-state index is 0.0300. The summed E-state index contributed by atoms with van der Waals surface area (Å²) in [6.45, 7) is 2.82. The van der Waals surface area contributed by atoms with E-state index in [-0.39, 0.29) is 22.4 Å². The quantitative estimate of drug-likeness (QED) is 0.629. The molecule has 0 N–H and O–H groups in total. The number of hydrogen-bond donors (Lipinski definition) is 0. The molecule has 0 bridgehead atoms. The van der Waals surface area contributed by atoms with Crippen LogP contribution >= 0.6 is 0 Å². The van der Waals surface area contributed by atoms with Crippen molar-refractivity contribution in [1.29, 1.82) is 0 Å². The van der Waals surface area contributed by atoms with Gasteiger partial charge in [0.05, 0.1) is 9.82 Å². The van der Waals surface area contributed by atoms with E-state index < -0.39 is 14.9 Å². The van der Waals surface area contributed by atoms with Crippen LogP contribution in [-0.4, -0.2) is 30.7 Å². The molecule has 2 aromatic rings. The standard InChI is InChI=1S/C17H18N2O4S/c1-13-11-18(12-17(13)14-6-3-2-4-7-14)24(22,23)16-9-5-8-15(10-16)19(20)21/h2-10,13,17H,11-12H2,1H3. The molecule has 126 valence electrons. The molecule has 2 atom stereocenters. The summed E-state index contributed by atoms with van der Waals surface area (Å²) >= 11 is 0. The summed E-state index contributed by atoms with van der Waals surface area (Å²) in [5, 5.41) is 10.9. The molecule has 1 aliphatic rings. The third-order valence-corrected chi connectivity index (χ3v) is 6.30. The van der Waals surface area contributed by atoms with E-state index in [1.807, 2.05) is 37.3 Å². The molecule has 24 heavy (non-hydrogen) atoms. The number of hydrogen-bond acceptors (Lipinski definition) is 4. The molecule has 1 aliphatic heterocycles. The topological polar surface area (TPSA) is 80.5 Å². The summed E-state index contributed by atoms with van der Waals surface area (Å²) in [4.78, 5) is 10.3. The van der Waals surface area contributed by atoms with Gasteiger partial charge in [-0.05, 0) is 17.5 Å². The van der Waals surface area contributed by atoms with E-state index in [1.165, 1.54) is 22.5 Å². The van der Waals surface area contributed by atoms with E-state index >= 15 is 0 Å². The molecular formula is C17H18N2O4S. The van der Waals surface area contributed by atoms with Crippen molar-refractivity contribution < 1.29 is 13.3 Å². The highest BCUT2D eigenvalue weighted by atomic mass is 32.2. The fourth-order valence-electron chi connectivity index (χ4n) is 3.16. The Labute approximate surface area is 140 Å². The van der Waals surface area contributed by atoms with Crippen LogP contribution < -0.4 is 0 Å². The number of rotatable bonds is 4. The highest BCUT2D eigenvalue weighted by Crippen LogP contribution is 2.35. The zero-order chi connectivity index (χ0) is 17.3. The van der Waals surface area contributed by atoms with Gasteiger partial charge in [0.25, 0.3) is 5.69 Å². The normalized spacial score (nSPS) is 21.7. The molecule has 2 aromatic carbocycles. The van der Waals surface area contributed by atoms with Gasteiger partial charge in [-0.25, -0.2) is 8.42 Å². The number of nitrogens with zero attached hydrogens (tertiary/aromatic N) is 2. The SMILES string of the molecule is CC1CN(S(=O)(=O)c2cccc([N+](=O)[O-])c2)CC1c1ccccc1. The number of nitro benzene ring substituents is 1. The Morgan fingerprint density at radius 2 is 1.79 bits per heavy atom. The second kappa shape index (κ2) is 6.33. The van der Waals surface area contributed by atoms with Crippen molar-refractivity contribution in [1.82, 2.24) is 4.31 Å². The van der Waals surface area contributed by atoms with Gasteiger partial charge in [-0.2, -0.15) is 4.31 Å². The molecule has 1 heterocycles. The Morgan fingerprint density at radius 1 is 1.08 bits per heavy atom. The molecule has 7 heteroatoms. The smallest absolute Gasteiger partial charge is 0.258 e. The highest BCUT2D eigenvalue weighted by Gasteiger charge is 2.38. The average Bonchev–Trinajstić information content (AvgIpc) is 2.98. The largest absolute Gasteiger partial charge is 0.270 e. The monoisotopic (exact) mass is 346 g/mol. The van der Waals surface area contributed by atoms with Gasteiger partial charge in [-0.3, -0.25) is 10.1 Å². The van der Waals surface area contributed by atoms with Crippen molar-refractivity contribution in [2.45, 2.75) is 17.7 Å². The molecule has 1 fully saturated rings. The number of benzene rings is 2. The van der Waals surface area contributed by atoms with E-state index in [9.17, 15) is 18.5 Å². The third kappa shape index (κ3) is 3.05. The average molecular weight is 346 g/mol. The lowest BCUT2D eigenvalue weighted by molar-refractivity contribution is -0.385. The van der Waals surface area contributed by atoms with E-state index in [2.05, 4.69) is 0 Å².